The van der Waals surface area contributed by atoms with Crippen LogP contribution in [0.4, 0.5) is 22.7 Å². The van der Waals surface area contributed by atoms with E-state index in [0.29, 0.717) is 17.0 Å². The summed E-state index contributed by atoms with van der Waals surface area (Å²) in [5.41, 5.74) is 4.56. The highest BCUT2D eigenvalue weighted by Crippen LogP contribution is 2.24. The van der Waals surface area contributed by atoms with E-state index in [-0.39, 0.29) is 5.91 Å². The molecule has 0 aliphatic heterocycles. The number of carbonyl (C=O) groups excluding carboxylic acids is 1. The number of hydrogen-bond acceptors (Lipinski definition) is 6. The van der Waals surface area contributed by atoms with Gasteiger partial charge in [-0.1, -0.05) is 12.1 Å². The Labute approximate surface area is 204 Å². The van der Waals surface area contributed by atoms with Gasteiger partial charge in [0.15, 0.2) is 6.23 Å². The summed E-state index contributed by atoms with van der Waals surface area (Å²) in [4.78, 5) is 12.4. The zero-order valence-electron chi connectivity index (χ0n) is 19.5. The number of nitrogens with one attached hydrogen (secondary N) is 3. The number of rotatable bonds is 9. The van der Waals surface area contributed by atoms with Crippen LogP contribution in [0, 0.1) is 0 Å². The van der Waals surface area contributed by atoms with Crippen LogP contribution in [-0.2, 0) is 0 Å². The first-order valence-electron chi connectivity index (χ1n) is 11.0. The molecule has 0 aliphatic rings. The van der Waals surface area contributed by atoms with Gasteiger partial charge in [0, 0.05) is 33.9 Å². The highest BCUT2D eigenvalue weighted by atomic mass is 16.5. The largest absolute Gasteiger partial charge is 0.497 e. The van der Waals surface area contributed by atoms with Gasteiger partial charge in [-0.05, 0) is 84.9 Å². The first kappa shape index (κ1) is 23.7. The lowest BCUT2D eigenvalue weighted by Crippen LogP contribution is -2.11. The number of amides is 1. The molecule has 0 saturated carbocycles. The lowest BCUT2D eigenvalue weighted by Gasteiger charge is -2.15. The topological polar surface area (TPSA) is 91.9 Å². The monoisotopic (exact) mass is 469 g/mol. The van der Waals surface area contributed by atoms with Gasteiger partial charge in [-0.3, -0.25) is 4.79 Å². The summed E-state index contributed by atoms with van der Waals surface area (Å²) in [5, 5.41) is 19.7. The van der Waals surface area contributed by atoms with E-state index in [2.05, 4.69) is 16.0 Å². The minimum atomic E-state index is -0.833. The van der Waals surface area contributed by atoms with Crippen molar-refractivity contribution in [1.82, 2.24) is 0 Å². The van der Waals surface area contributed by atoms with Crippen molar-refractivity contribution in [2.75, 3.05) is 30.2 Å². The summed E-state index contributed by atoms with van der Waals surface area (Å²) in [6.07, 6.45) is -0.833. The van der Waals surface area contributed by atoms with Crippen LogP contribution in [0.3, 0.4) is 0 Å². The smallest absolute Gasteiger partial charge is 0.255 e. The predicted molar refractivity (Wildman–Crippen MR) is 139 cm³/mol. The Morgan fingerprint density at radius 1 is 0.657 bits per heavy atom. The van der Waals surface area contributed by atoms with Crippen LogP contribution in [0.5, 0.6) is 11.5 Å². The zero-order valence-corrected chi connectivity index (χ0v) is 19.5. The molecule has 0 fully saturated rings. The van der Waals surface area contributed by atoms with E-state index in [1.807, 2.05) is 72.8 Å². The van der Waals surface area contributed by atoms with Crippen molar-refractivity contribution < 1.29 is 19.4 Å². The van der Waals surface area contributed by atoms with E-state index in [9.17, 15) is 9.90 Å². The second kappa shape index (κ2) is 11.1. The molecule has 0 aromatic heterocycles. The van der Waals surface area contributed by atoms with Crippen LogP contribution in [0.25, 0.3) is 0 Å². The van der Waals surface area contributed by atoms with Gasteiger partial charge in [0.2, 0.25) is 0 Å². The number of hydrogen-bond donors (Lipinski definition) is 4. The molecule has 4 rings (SSSR count). The van der Waals surface area contributed by atoms with E-state index in [4.69, 9.17) is 9.47 Å². The second-order valence-electron chi connectivity index (χ2n) is 7.78. The summed E-state index contributed by atoms with van der Waals surface area (Å²) in [6.45, 7) is 0. The minimum absolute atomic E-state index is 0.187. The van der Waals surface area contributed by atoms with Gasteiger partial charge in [0.1, 0.15) is 11.5 Å². The number of aliphatic hydroxyl groups excluding tert-OH is 1. The molecule has 4 aromatic rings. The standard InChI is InChI=1S/C28H27N3O4/c1-34-25-15-3-19(4-16-25)27(32)30-23-11-7-21(8-12-23)29-22-9-13-24(14-10-22)31-28(33)20-5-17-26(35-2)18-6-20/h3-18,27,29-30,32H,1-2H3,(H,31,33). The van der Waals surface area contributed by atoms with Gasteiger partial charge < -0.3 is 30.5 Å². The maximum Gasteiger partial charge on any atom is 0.255 e. The van der Waals surface area contributed by atoms with E-state index in [0.717, 1.165) is 28.4 Å². The Kier molecular flexibility index (Phi) is 7.50. The first-order valence-corrected chi connectivity index (χ1v) is 11.0. The van der Waals surface area contributed by atoms with Gasteiger partial charge >= 0.3 is 0 Å². The molecule has 0 bridgehead atoms. The fraction of sp³-hybridized carbons (Fsp3) is 0.107. The number of aliphatic hydroxyl groups is 1. The van der Waals surface area contributed by atoms with E-state index in [1.165, 1.54) is 0 Å². The molecule has 0 radical (unpaired) electrons. The molecule has 7 nitrogen and oxygen atoms in total. The SMILES string of the molecule is COc1ccc(C(=O)Nc2ccc(Nc3ccc(NC(O)c4ccc(OC)cc4)cc3)cc2)cc1. The molecule has 0 saturated heterocycles. The fourth-order valence-electron chi connectivity index (χ4n) is 3.43. The molecule has 0 heterocycles. The minimum Gasteiger partial charge on any atom is -0.497 e. The molecular weight excluding hydrogens is 442 g/mol. The van der Waals surface area contributed by atoms with Crippen molar-refractivity contribution in [2.45, 2.75) is 6.23 Å². The zero-order chi connectivity index (χ0) is 24.6. The van der Waals surface area contributed by atoms with E-state index < -0.39 is 6.23 Å². The maximum atomic E-state index is 12.4. The van der Waals surface area contributed by atoms with Crippen molar-refractivity contribution in [1.29, 1.82) is 0 Å². The molecule has 7 heteroatoms. The van der Waals surface area contributed by atoms with Crippen LogP contribution >= 0.6 is 0 Å². The van der Waals surface area contributed by atoms with Gasteiger partial charge in [-0.25, -0.2) is 0 Å². The van der Waals surface area contributed by atoms with Crippen LogP contribution in [0.1, 0.15) is 22.1 Å². The van der Waals surface area contributed by atoms with E-state index >= 15 is 0 Å². The van der Waals surface area contributed by atoms with Crippen molar-refractivity contribution in [2.24, 2.45) is 0 Å². The summed E-state index contributed by atoms with van der Waals surface area (Å²) < 4.78 is 10.3. The molecular formula is C28H27N3O4. The fourth-order valence-corrected chi connectivity index (χ4v) is 3.43. The lowest BCUT2D eigenvalue weighted by atomic mass is 10.2. The summed E-state index contributed by atoms with van der Waals surface area (Å²) in [6, 6.07) is 29.3. The number of carbonyl (C=O) groups is 1. The Hall–Kier alpha value is -4.49. The predicted octanol–water partition coefficient (Wildman–Crippen LogP) is 5.80. The van der Waals surface area contributed by atoms with Crippen molar-refractivity contribution in [3.05, 3.63) is 108 Å². The first-order chi connectivity index (χ1) is 17.0. The van der Waals surface area contributed by atoms with Crippen LogP contribution < -0.4 is 25.4 Å². The average Bonchev–Trinajstić information content (AvgIpc) is 2.91. The lowest BCUT2D eigenvalue weighted by molar-refractivity contribution is 0.102. The maximum absolute atomic E-state index is 12.4. The highest BCUT2D eigenvalue weighted by molar-refractivity contribution is 6.04. The number of anilines is 4. The average molecular weight is 470 g/mol. The third-order valence-electron chi connectivity index (χ3n) is 5.40. The number of ether oxygens (including phenoxy) is 2. The van der Waals surface area contributed by atoms with Gasteiger partial charge in [0.25, 0.3) is 5.91 Å². The third-order valence-corrected chi connectivity index (χ3v) is 5.40. The van der Waals surface area contributed by atoms with Gasteiger partial charge in [-0.15, -0.1) is 0 Å². The highest BCUT2D eigenvalue weighted by Gasteiger charge is 2.08. The molecule has 1 unspecified atom stereocenters. The van der Waals surface area contributed by atoms with E-state index in [1.54, 1.807) is 38.5 Å². The van der Waals surface area contributed by atoms with Crippen LogP contribution in [0.2, 0.25) is 0 Å². The molecule has 4 N–H and O–H groups in total. The van der Waals surface area contributed by atoms with Crippen molar-refractivity contribution in [3.8, 4) is 11.5 Å². The summed E-state index contributed by atoms with van der Waals surface area (Å²) in [5.74, 6) is 1.26. The molecule has 4 aromatic carbocycles. The third kappa shape index (κ3) is 6.31. The molecule has 178 valence electrons. The molecule has 0 aliphatic carbocycles. The quantitative estimate of drug-likeness (QED) is 0.232. The molecule has 35 heavy (non-hydrogen) atoms. The molecule has 1 atom stereocenters. The number of methoxy groups -OCH3 is 2. The van der Waals surface area contributed by atoms with Crippen molar-refractivity contribution >= 4 is 28.7 Å². The Balaban J connectivity index is 1.31. The van der Waals surface area contributed by atoms with Gasteiger partial charge in [0.05, 0.1) is 14.2 Å². The summed E-state index contributed by atoms with van der Waals surface area (Å²) in [7, 11) is 3.19. The summed E-state index contributed by atoms with van der Waals surface area (Å²) >= 11 is 0. The normalized spacial score (nSPS) is 11.3. The Morgan fingerprint density at radius 3 is 1.63 bits per heavy atom. The van der Waals surface area contributed by atoms with Gasteiger partial charge in [-0.2, -0.15) is 0 Å². The van der Waals surface area contributed by atoms with Crippen molar-refractivity contribution in [3.63, 3.8) is 0 Å². The second-order valence-corrected chi connectivity index (χ2v) is 7.78. The number of benzene rings is 4. The van der Waals surface area contributed by atoms with Crippen LogP contribution in [0.15, 0.2) is 97.1 Å². The van der Waals surface area contributed by atoms with Crippen LogP contribution in [-0.4, -0.2) is 25.2 Å². The Morgan fingerprint density at radius 2 is 1.11 bits per heavy atom. The Bertz CT molecular complexity index is 1240. The molecule has 1 amide bonds. The molecule has 0 spiro atoms.